The number of carbonyl (C=O) groups excluding carboxylic acids is 1. The van der Waals surface area contributed by atoms with Crippen molar-refractivity contribution in [3.8, 4) is 11.3 Å². The molecule has 3 aromatic carbocycles. The second-order valence-corrected chi connectivity index (χ2v) is 11.1. The lowest BCUT2D eigenvalue weighted by Crippen LogP contribution is -2.37. The number of nitrogens with one attached hydrogen (secondary N) is 1. The van der Waals surface area contributed by atoms with Crippen LogP contribution in [0.3, 0.4) is 0 Å². The summed E-state index contributed by atoms with van der Waals surface area (Å²) in [6, 6.07) is 28.8. The molecule has 0 aliphatic carbocycles. The Labute approximate surface area is 244 Å². The minimum atomic E-state index is 0.467. The maximum atomic E-state index is 10.8. The van der Waals surface area contributed by atoms with Crippen molar-refractivity contribution >= 4 is 33.7 Å². The van der Waals surface area contributed by atoms with Gasteiger partial charge in [0.05, 0.1) is 16.4 Å². The number of likely N-dealkylation sites (tertiary alicyclic amines) is 1. The van der Waals surface area contributed by atoms with E-state index < -0.39 is 0 Å². The van der Waals surface area contributed by atoms with Gasteiger partial charge in [-0.15, -0.1) is 0 Å². The highest BCUT2D eigenvalue weighted by atomic mass is 79.9. The quantitative estimate of drug-likeness (QED) is 0.213. The van der Waals surface area contributed by atoms with Crippen molar-refractivity contribution in [2.75, 3.05) is 25.5 Å². The summed E-state index contributed by atoms with van der Waals surface area (Å²) in [5.41, 5.74) is 7.29. The minimum absolute atomic E-state index is 0.467. The highest BCUT2D eigenvalue weighted by Crippen LogP contribution is 2.28. The van der Waals surface area contributed by atoms with E-state index in [1.165, 1.54) is 11.1 Å². The van der Waals surface area contributed by atoms with Gasteiger partial charge in [0, 0.05) is 23.2 Å². The summed E-state index contributed by atoms with van der Waals surface area (Å²) < 4.78 is 2.80. The number of anilines is 1. The Bertz CT molecular complexity index is 1570. The second-order valence-electron chi connectivity index (χ2n) is 10.3. The molecule has 204 valence electrons. The van der Waals surface area contributed by atoms with E-state index in [9.17, 15) is 4.79 Å². The first-order chi connectivity index (χ1) is 19.5. The van der Waals surface area contributed by atoms with E-state index in [0.717, 1.165) is 77.0 Å². The molecule has 0 bridgehead atoms. The van der Waals surface area contributed by atoms with E-state index in [4.69, 9.17) is 4.98 Å². The number of hydrogen-bond donors (Lipinski definition) is 1. The van der Waals surface area contributed by atoms with E-state index in [1.54, 1.807) is 0 Å². The number of fused-ring (bicyclic) bond motifs is 1. The minimum Gasteiger partial charge on any atom is -0.367 e. The van der Waals surface area contributed by atoms with Gasteiger partial charge in [0.2, 0.25) is 0 Å². The number of halogens is 1. The number of carbonyl (C=O) groups is 1. The van der Waals surface area contributed by atoms with Gasteiger partial charge in [-0.3, -0.25) is 4.79 Å². The number of hydrogen-bond acceptors (Lipinski definition) is 5. The molecule has 3 heterocycles. The van der Waals surface area contributed by atoms with Crippen molar-refractivity contribution < 1.29 is 4.79 Å². The predicted octanol–water partition coefficient (Wildman–Crippen LogP) is 7.06. The summed E-state index contributed by atoms with van der Waals surface area (Å²) >= 11 is 3.58. The first kappa shape index (κ1) is 27.7. The molecule has 1 aliphatic rings. The van der Waals surface area contributed by atoms with E-state index in [2.05, 4.69) is 87.7 Å². The molecule has 1 aliphatic heterocycles. The molecular formula is C33H34BrN5O. The van der Waals surface area contributed by atoms with E-state index in [0.29, 0.717) is 6.04 Å². The Balaban J connectivity index is 0.000000184. The number of rotatable bonds is 6. The zero-order valence-corrected chi connectivity index (χ0v) is 24.5. The van der Waals surface area contributed by atoms with Crippen LogP contribution in [0.15, 0.2) is 95.6 Å². The van der Waals surface area contributed by atoms with Crippen LogP contribution in [0.1, 0.15) is 39.9 Å². The molecule has 1 N–H and O–H groups in total. The normalized spacial score (nSPS) is 14.0. The van der Waals surface area contributed by atoms with Crippen LogP contribution in [0.2, 0.25) is 0 Å². The van der Waals surface area contributed by atoms with Gasteiger partial charge in [-0.25, -0.2) is 4.98 Å². The highest BCUT2D eigenvalue weighted by molar-refractivity contribution is 9.10. The maximum absolute atomic E-state index is 10.8. The molecule has 0 radical (unpaired) electrons. The third-order valence-corrected chi connectivity index (χ3v) is 7.90. The lowest BCUT2D eigenvalue weighted by Gasteiger charge is -2.30. The topological polar surface area (TPSA) is 62.5 Å². The molecule has 0 amide bonds. The average Bonchev–Trinajstić information content (AvgIpc) is 3.36. The van der Waals surface area contributed by atoms with E-state index in [-0.39, 0.29) is 0 Å². The van der Waals surface area contributed by atoms with Gasteiger partial charge < -0.3 is 10.2 Å². The number of aromatic nitrogens is 3. The van der Waals surface area contributed by atoms with Gasteiger partial charge in [0.25, 0.3) is 0 Å². The summed E-state index contributed by atoms with van der Waals surface area (Å²) in [6.45, 7) is 4.37. The number of benzene rings is 3. The zero-order valence-electron chi connectivity index (χ0n) is 22.9. The molecule has 0 atom stereocenters. The predicted molar refractivity (Wildman–Crippen MR) is 166 cm³/mol. The summed E-state index contributed by atoms with van der Waals surface area (Å²) in [4.78, 5) is 18.0. The number of aldehydes is 1. The van der Waals surface area contributed by atoms with Gasteiger partial charge in [-0.1, -0.05) is 78.9 Å². The van der Waals surface area contributed by atoms with Crippen LogP contribution >= 0.6 is 15.9 Å². The average molecular weight is 597 g/mol. The SMILES string of the molecule is Cc1ccccc1-c1cc(NC2CCN(C)CC2)n2ncc(Br)c2n1.O=Cc1ccccc1Cc1ccccc1. The largest absolute Gasteiger partial charge is 0.367 e. The molecule has 40 heavy (non-hydrogen) atoms. The zero-order chi connectivity index (χ0) is 27.9. The third-order valence-electron chi connectivity index (χ3n) is 7.34. The standard InChI is InChI=1S/C19H22BrN5.C14H12O/c1-13-5-3-4-6-15(13)17-11-18(22-14-7-9-24(2)10-8-14)25-19(23-17)16(20)12-21-25;15-11-14-9-5-4-8-13(14)10-12-6-2-1-3-7-12/h3-6,11-12,14,22H,7-10H2,1-2H3;1-9,11H,10H2. The second kappa shape index (κ2) is 13.0. The first-order valence-electron chi connectivity index (χ1n) is 13.6. The van der Waals surface area contributed by atoms with Crippen LogP contribution in [0.4, 0.5) is 5.82 Å². The molecule has 0 saturated carbocycles. The molecule has 6 nitrogen and oxygen atoms in total. The van der Waals surface area contributed by atoms with E-state index in [1.807, 2.05) is 53.2 Å². The van der Waals surface area contributed by atoms with Crippen LogP contribution in [0.25, 0.3) is 16.9 Å². The third kappa shape index (κ3) is 6.66. The molecule has 0 unspecified atom stereocenters. The van der Waals surface area contributed by atoms with Crippen LogP contribution in [-0.4, -0.2) is 52.0 Å². The molecule has 1 fully saturated rings. The molecule has 0 spiro atoms. The lowest BCUT2D eigenvalue weighted by atomic mass is 10.0. The molecule has 1 saturated heterocycles. The van der Waals surface area contributed by atoms with Gasteiger partial charge in [0.15, 0.2) is 5.65 Å². The van der Waals surface area contributed by atoms with Gasteiger partial charge >= 0.3 is 0 Å². The summed E-state index contributed by atoms with van der Waals surface area (Å²) in [6.07, 6.45) is 5.82. The summed E-state index contributed by atoms with van der Waals surface area (Å²) in [5, 5.41) is 8.19. The Morgan fingerprint density at radius 1 is 0.975 bits per heavy atom. The molecular weight excluding hydrogens is 562 g/mol. The fourth-order valence-corrected chi connectivity index (χ4v) is 5.37. The Morgan fingerprint density at radius 3 is 2.42 bits per heavy atom. The molecule has 2 aromatic heterocycles. The van der Waals surface area contributed by atoms with Gasteiger partial charge in [-0.05, 0) is 78.9 Å². The monoisotopic (exact) mass is 595 g/mol. The van der Waals surface area contributed by atoms with Crippen molar-refractivity contribution in [3.63, 3.8) is 0 Å². The molecule has 5 aromatic rings. The van der Waals surface area contributed by atoms with Gasteiger partial charge in [0.1, 0.15) is 12.1 Å². The van der Waals surface area contributed by atoms with Crippen LogP contribution in [-0.2, 0) is 6.42 Å². The first-order valence-corrected chi connectivity index (χ1v) is 14.4. The van der Waals surface area contributed by atoms with Crippen LogP contribution in [0.5, 0.6) is 0 Å². The number of aryl methyl sites for hydroxylation is 1. The maximum Gasteiger partial charge on any atom is 0.172 e. The fraction of sp³-hybridized carbons (Fsp3) is 0.242. The highest BCUT2D eigenvalue weighted by Gasteiger charge is 2.19. The number of nitrogens with zero attached hydrogens (tertiary/aromatic N) is 4. The fourth-order valence-electron chi connectivity index (χ4n) is 5.03. The van der Waals surface area contributed by atoms with Crippen LogP contribution < -0.4 is 5.32 Å². The van der Waals surface area contributed by atoms with E-state index >= 15 is 0 Å². The smallest absolute Gasteiger partial charge is 0.172 e. The molecule has 7 heteroatoms. The number of piperidine rings is 1. The van der Waals surface area contributed by atoms with Crippen molar-refractivity contribution in [1.82, 2.24) is 19.5 Å². The Kier molecular flexibility index (Phi) is 9.04. The summed E-state index contributed by atoms with van der Waals surface area (Å²) in [7, 11) is 2.18. The van der Waals surface area contributed by atoms with Crippen molar-refractivity contribution in [2.45, 2.75) is 32.2 Å². The van der Waals surface area contributed by atoms with Crippen molar-refractivity contribution in [1.29, 1.82) is 0 Å². The lowest BCUT2D eigenvalue weighted by molar-refractivity contribution is 0.112. The van der Waals surface area contributed by atoms with Crippen molar-refractivity contribution in [3.05, 3.63) is 118 Å². The molecule has 6 rings (SSSR count). The van der Waals surface area contributed by atoms with Crippen molar-refractivity contribution in [2.24, 2.45) is 0 Å². The Morgan fingerprint density at radius 2 is 1.68 bits per heavy atom. The van der Waals surface area contributed by atoms with Crippen LogP contribution in [0, 0.1) is 6.92 Å². The van der Waals surface area contributed by atoms with Gasteiger partial charge in [-0.2, -0.15) is 9.61 Å². The Hall–Kier alpha value is -3.81. The summed E-state index contributed by atoms with van der Waals surface area (Å²) in [5.74, 6) is 1.00.